The van der Waals surface area contributed by atoms with Gasteiger partial charge in [0, 0.05) is 11.8 Å². The molecule has 2 rings (SSSR count). The van der Waals surface area contributed by atoms with Crippen molar-refractivity contribution in [3.63, 3.8) is 0 Å². The quantitative estimate of drug-likeness (QED) is 0.591. The van der Waals surface area contributed by atoms with Gasteiger partial charge in [0.05, 0.1) is 6.10 Å². The number of ketones is 1. The summed E-state index contributed by atoms with van der Waals surface area (Å²) < 4.78 is 0. The van der Waals surface area contributed by atoms with Crippen LogP contribution in [0.4, 0.5) is 0 Å². The zero-order valence-electron chi connectivity index (χ0n) is 7.34. The molecule has 0 aromatic heterocycles. The summed E-state index contributed by atoms with van der Waals surface area (Å²) in [7, 11) is 0. The third-order valence-corrected chi connectivity index (χ3v) is 3.38. The highest BCUT2D eigenvalue weighted by atomic mass is 16.3. The summed E-state index contributed by atoms with van der Waals surface area (Å²) in [6.07, 6.45) is 4.70. The van der Waals surface area contributed by atoms with Gasteiger partial charge in [-0.15, -0.1) is 0 Å². The van der Waals surface area contributed by atoms with Crippen LogP contribution >= 0.6 is 0 Å². The van der Waals surface area contributed by atoms with Crippen molar-refractivity contribution >= 4 is 5.78 Å². The Hall–Kier alpha value is -0.630. The lowest BCUT2D eigenvalue weighted by Gasteiger charge is -2.32. The zero-order chi connectivity index (χ0) is 8.77. The van der Waals surface area contributed by atoms with E-state index in [0.717, 1.165) is 19.3 Å². The van der Waals surface area contributed by atoms with E-state index >= 15 is 0 Å². The van der Waals surface area contributed by atoms with E-state index in [0.29, 0.717) is 6.42 Å². The van der Waals surface area contributed by atoms with Gasteiger partial charge in [-0.25, -0.2) is 0 Å². The van der Waals surface area contributed by atoms with E-state index in [-0.39, 0.29) is 17.3 Å². The average Bonchev–Trinajstić information content (AvgIpc) is 2.31. The fourth-order valence-corrected chi connectivity index (χ4v) is 2.32. The Kier molecular flexibility index (Phi) is 1.62. The Morgan fingerprint density at radius 2 is 2.33 bits per heavy atom. The minimum absolute atomic E-state index is 0.0755. The van der Waals surface area contributed by atoms with Crippen LogP contribution in [0.2, 0.25) is 0 Å². The summed E-state index contributed by atoms with van der Waals surface area (Å²) in [5, 5.41) is 9.72. The van der Waals surface area contributed by atoms with Gasteiger partial charge in [0.15, 0.2) is 5.78 Å². The highest BCUT2D eigenvalue weighted by Gasteiger charge is 2.43. The lowest BCUT2D eigenvalue weighted by atomic mass is 9.74. The normalized spacial score (nSPS) is 41.0. The lowest BCUT2D eigenvalue weighted by Crippen LogP contribution is -2.31. The second kappa shape index (κ2) is 2.43. The highest BCUT2D eigenvalue weighted by molar-refractivity contribution is 5.91. The van der Waals surface area contributed by atoms with Crippen LogP contribution in [0.5, 0.6) is 0 Å². The Balaban J connectivity index is 2.37. The van der Waals surface area contributed by atoms with Crippen LogP contribution in [0, 0.1) is 5.41 Å². The van der Waals surface area contributed by atoms with Crippen molar-refractivity contribution in [2.75, 3.05) is 0 Å². The molecule has 0 heterocycles. The molecule has 12 heavy (non-hydrogen) atoms. The van der Waals surface area contributed by atoms with Gasteiger partial charge in [-0.05, 0) is 25.3 Å². The van der Waals surface area contributed by atoms with Crippen molar-refractivity contribution in [3.8, 4) is 0 Å². The first-order valence-corrected chi connectivity index (χ1v) is 4.55. The molecule has 2 aliphatic carbocycles. The number of hydrogen-bond acceptors (Lipinski definition) is 2. The highest BCUT2D eigenvalue weighted by Crippen LogP contribution is 2.48. The van der Waals surface area contributed by atoms with Gasteiger partial charge in [0.2, 0.25) is 0 Å². The molecule has 0 radical (unpaired) electrons. The third-order valence-electron chi connectivity index (χ3n) is 3.38. The summed E-state index contributed by atoms with van der Waals surface area (Å²) in [4.78, 5) is 11.1. The molecular formula is C10H14O2. The van der Waals surface area contributed by atoms with Crippen molar-refractivity contribution in [1.82, 2.24) is 0 Å². The molecule has 2 heteroatoms. The van der Waals surface area contributed by atoms with Gasteiger partial charge in [-0.1, -0.05) is 12.5 Å². The molecule has 1 fully saturated rings. The van der Waals surface area contributed by atoms with Gasteiger partial charge in [0.1, 0.15) is 0 Å². The molecule has 0 aliphatic heterocycles. The van der Waals surface area contributed by atoms with Crippen LogP contribution < -0.4 is 0 Å². The first-order chi connectivity index (χ1) is 5.63. The van der Waals surface area contributed by atoms with E-state index in [1.807, 2.05) is 0 Å². The molecule has 0 spiro atoms. The molecule has 2 aliphatic rings. The predicted molar refractivity (Wildman–Crippen MR) is 45.7 cm³/mol. The lowest BCUT2D eigenvalue weighted by molar-refractivity contribution is -0.116. The van der Waals surface area contributed by atoms with Gasteiger partial charge in [0.25, 0.3) is 0 Å². The maximum absolute atomic E-state index is 11.1. The molecule has 2 atom stereocenters. The van der Waals surface area contributed by atoms with Crippen molar-refractivity contribution in [1.29, 1.82) is 0 Å². The maximum atomic E-state index is 11.1. The van der Waals surface area contributed by atoms with Crippen LogP contribution in [-0.4, -0.2) is 17.0 Å². The number of rotatable bonds is 0. The predicted octanol–water partition coefficient (Wildman–Crippen LogP) is 1.44. The second-order valence-electron chi connectivity index (χ2n) is 4.11. The van der Waals surface area contributed by atoms with E-state index in [4.69, 9.17) is 0 Å². The summed E-state index contributed by atoms with van der Waals surface area (Å²) in [6, 6.07) is 0. The number of carbonyl (C=O) groups excluding carboxylic acids is 1. The molecule has 0 saturated heterocycles. The Labute approximate surface area is 72.3 Å². The molecule has 0 amide bonds. The average molecular weight is 166 g/mol. The molecular weight excluding hydrogens is 152 g/mol. The van der Waals surface area contributed by atoms with Crippen LogP contribution in [0.25, 0.3) is 0 Å². The minimum Gasteiger partial charge on any atom is -0.392 e. The SMILES string of the molecule is C[C@]12CCC(=O)C=C1CC[C@H]2O. The van der Waals surface area contributed by atoms with Crippen LogP contribution in [0.15, 0.2) is 11.6 Å². The number of fused-ring (bicyclic) bond motifs is 1. The molecule has 1 N–H and O–H groups in total. The van der Waals surface area contributed by atoms with Gasteiger partial charge >= 0.3 is 0 Å². The van der Waals surface area contributed by atoms with Crippen molar-refractivity contribution in [2.45, 2.75) is 38.7 Å². The second-order valence-corrected chi connectivity index (χ2v) is 4.11. The van der Waals surface area contributed by atoms with Crippen molar-refractivity contribution in [2.24, 2.45) is 5.41 Å². The molecule has 0 aromatic carbocycles. The Morgan fingerprint density at radius 1 is 1.58 bits per heavy atom. The molecule has 1 saturated carbocycles. The standard InChI is InChI=1S/C10H14O2/c1-10-5-4-8(11)6-7(10)2-3-9(10)12/h6,9,12H,2-5H2,1H3/t9-,10+/m1/s1. The number of aliphatic hydroxyl groups is 1. The minimum atomic E-state index is -0.225. The monoisotopic (exact) mass is 166 g/mol. The summed E-state index contributed by atoms with van der Waals surface area (Å²) in [6.45, 7) is 2.07. The number of carbonyl (C=O) groups is 1. The largest absolute Gasteiger partial charge is 0.392 e. The zero-order valence-corrected chi connectivity index (χ0v) is 7.34. The molecule has 0 unspecified atom stereocenters. The van der Waals surface area contributed by atoms with Gasteiger partial charge in [-0.2, -0.15) is 0 Å². The third kappa shape index (κ3) is 0.944. The fourth-order valence-electron chi connectivity index (χ4n) is 2.32. The first kappa shape index (κ1) is 7.99. The Morgan fingerprint density at radius 3 is 3.08 bits per heavy atom. The van der Waals surface area contributed by atoms with E-state index in [1.165, 1.54) is 5.57 Å². The van der Waals surface area contributed by atoms with E-state index in [1.54, 1.807) is 6.08 Å². The molecule has 2 nitrogen and oxygen atoms in total. The van der Waals surface area contributed by atoms with Crippen LogP contribution in [0.3, 0.4) is 0 Å². The Bertz CT molecular complexity index is 255. The smallest absolute Gasteiger partial charge is 0.155 e. The van der Waals surface area contributed by atoms with E-state index in [2.05, 4.69) is 6.92 Å². The molecule has 0 bridgehead atoms. The summed E-state index contributed by atoms with van der Waals surface area (Å²) >= 11 is 0. The van der Waals surface area contributed by atoms with Crippen LogP contribution in [0.1, 0.15) is 32.6 Å². The van der Waals surface area contributed by atoms with Crippen molar-refractivity contribution < 1.29 is 9.90 Å². The van der Waals surface area contributed by atoms with Gasteiger partial charge in [-0.3, -0.25) is 4.79 Å². The molecule has 66 valence electrons. The van der Waals surface area contributed by atoms with Crippen molar-refractivity contribution in [3.05, 3.63) is 11.6 Å². The van der Waals surface area contributed by atoms with E-state index < -0.39 is 0 Å². The fraction of sp³-hybridized carbons (Fsp3) is 0.700. The number of hydrogen-bond donors (Lipinski definition) is 1. The van der Waals surface area contributed by atoms with Crippen LogP contribution in [-0.2, 0) is 4.79 Å². The maximum Gasteiger partial charge on any atom is 0.155 e. The number of allylic oxidation sites excluding steroid dienone is 1. The molecule has 0 aromatic rings. The summed E-state index contributed by atoms with van der Waals surface area (Å²) in [5.74, 6) is 0.233. The van der Waals surface area contributed by atoms with Gasteiger partial charge < -0.3 is 5.11 Å². The number of aliphatic hydroxyl groups excluding tert-OH is 1. The summed E-state index contributed by atoms with van der Waals surface area (Å²) in [5.41, 5.74) is 1.10. The van der Waals surface area contributed by atoms with E-state index in [9.17, 15) is 9.90 Å². The first-order valence-electron chi connectivity index (χ1n) is 4.55. The topological polar surface area (TPSA) is 37.3 Å².